The third-order valence-electron chi connectivity index (χ3n) is 4.30. The van der Waals surface area contributed by atoms with Crippen molar-refractivity contribution in [3.8, 4) is 0 Å². The Hall–Kier alpha value is -2.25. The Balaban J connectivity index is 1.45. The highest BCUT2D eigenvalue weighted by Gasteiger charge is 2.38. The first-order valence-electron chi connectivity index (χ1n) is 7.68. The molecule has 2 aromatic carbocycles. The van der Waals surface area contributed by atoms with Crippen molar-refractivity contribution < 1.29 is 12.8 Å². The first-order chi connectivity index (χ1) is 11.5. The molecule has 7 heteroatoms. The molecule has 0 radical (unpaired) electrons. The van der Waals surface area contributed by atoms with Gasteiger partial charge in [-0.2, -0.15) is 0 Å². The van der Waals surface area contributed by atoms with E-state index in [0.717, 1.165) is 16.9 Å². The molecule has 1 saturated heterocycles. The van der Waals surface area contributed by atoms with E-state index in [0.29, 0.717) is 18.7 Å². The summed E-state index contributed by atoms with van der Waals surface area (Å²) >= 11 is 0. The van der Waals surface area contributed by atoms with Crippen molar-refractivity contribution in [2.45, 2.75) is 11.7 Å². The molecule has 5 nitrogen and oxygen atoms in total. The maximum absolute atomic E-state index is 12.9. The average Bonchev–Trinajstić information content (AvgIpc) is 2.90. The van der Waals surface area contributed by atoms with Gasteiger partial charge in [0, 0.05) is 19.0 Å². The van der Waals surface area contributed by atoms with E-state index < -0.39 is 10.0 Å². The van der Waals surface area contributed by atoms with Crippen LogP contribution in [-0.4, -0.2) is 35.8 Å². The second-order valence-corrected chi connectivity index (χ2v) is 8.00. The van der Waals surface area contributed by atoms with Crippen LogP contribution in [0.15, 0.2) is 48.5 Å². The number of hydrogen-bond donors (Lipinski definition) is 1. The van der Waals surface area contributed by atoms with E-state index in [-0.39, 0.29) is 17.5 Å². The third kappa shape index (κ3) is 2.81. The van der Waals surface area contributed by atoms with Gasteiger partial charge in [0.1, 0.15) is 11.6 Å². The van der Waals surface area contributed by atoms with Crippen LogP contribution in [0.5, 0.6) is 0 Å². The smallest absolute Gasteiger partial charge is 0.218 e. The fraction of sp³-hybridized carbons (Fsp3) is 0.235. The molecule has 0 saturated carbocycles. The van der Waals surface area contributed by atoms with Crippen LogP contribution in [0.2, 0.25) is 0 Å². The Morgan fingerprint density at radius 2 is 1.83 bits per heavy atom. The van der Waals surface area contributed by atoms with Crippen LogP contribution in [0, 0.1) is 5.82 Å². The molecule has 2 heterocycles. The lowest BCUT2D eigenvalue weighted by Gasteiger charge is -2.36. The van der Waals surface area contributed by atoms with Gasteiger partial charge in [-0.3, -0.25) is 0 Å². The van der Waals surface area contributed by atoms with Crippen LogP contribution >= 0.6 is 0 Å². The summed E-state index contributed by atoms with van der Waals surface area (Å²) in [7, 11) is -3.39. The van der Waals surface area contributed by atoms with Gasteiger partial charge in [-0.25, -0.2) is 22.1 Å². The van der Waals surface area contributed by atoms with Crippen molar-refractivity contribution in [2.75, 3.05) is 13.1 Å². The monoisotopic (exact) mass is 345 g/mol. The van der Waals surface area contributed by atoms with Gasteiger partial charge in [0.15, 0.2) is 0 Å². The fourth-order valence-electron chi connectivity index (χ4n) is 2.89. The normalized spacial score (nSPS) is 16.4. The number of benzene rings is 2. The molecular formula is C17H16FN3O2S. The molecule has 0 bridgehead atoms. The fourth-order valence-corrected chi connectivity index (χ4v) is 4.50. The molecule has 4 rings (SSSR count). The highest BCUT2D eigenvalue weighted by molar-refractivity contribution is 7.88. The summed E-state index contributed by atoms with van der Waals surface area (Å²) in [5, 5.41) is 0. The molecule has 1 aliphatic rings. The summed E-state index contributed by atoms with van der Waals surface area (Å²) in [5.41, 5.74) is 2.43. The summed E-state index contributed by atoms with van der Waals surface area (Å²) in [6, 6.07) is 13.3. The van der Waals surface area contributed by atoms with Crippen LogP contribution in [0.3, 0.4) is 0 Å². The lowest BCUT2D eigenvalue weighted by Crippen LogP contribution is -2.49. The summed E-state index contributed by atoms with van der Waals surface area (Å²) < 4.78 is 39.2. The SMILES string of the molecule is O=S(=O)(Cc1ccc(F)cc1)N1CC(c2nc3ccccc3[nH]2)C1. The van der Waals surface area contributed by atoms with Gasteiger partial charge in [0.2, 0.25) is 10.0 Å². The Kier molecular flexibility index (Phi) is 3.62. The van der Waals surface area contributed by atoms with Crippen molar-refractivity contribution in [2.24, 2.45) is 0 Å². The zero-order chi connectivity index (χ0) is 16.7. The van der Waals surface area contributed by atoms with Gasteiger partial charge in [0.05, 0.1) is 16.8 Å². The van der Waals surface area contributed by atoms with E-state index in [1.54, 1.807) is 0 Å². The lowest BCUT2D eigenvalue weighted by atomic mass is 10.0. The maximum atomic E-state index is 12.9. The summed E-state index contributed by atoms with van der Waals surface area (Å²) in [4.78, 5) is 7.78. The number of para-hydroxylation sites is 2. The molecule has 1 aromatic heterocycles. The highest BCUT2D eigenvalue weighted by Crippen LogP contribution is 2.30. The zero-order valence-corrected chi connectivity index (χ0v) is 13.6. The van der Waals surface area contributed by atoms with Crippen LogP contribution in [0.25, 0.3) is 11.0 Å². The molecule has 3 aromatic rings. The molecule has 0 amide bonds. The second kappa shape index (κ2) is 5.68. The highest BCUT2D eigenvalue weighted by atomic mass is 32.2. The molecule has 0 spiro atoms. The molecule has 124 valence electrons. The van der Waals surface area contributed by atoms with E-state index in [9.17, 15) is 12.8 Å². The summed E-state index contributed by atoms with van der Waals surface area (Å²) in [6.45, 7) is 0.840. The summed E-state index contributed by atoms with van der Waals surface area (Å²) in [6.07, 6.45) is 0. The topological polar surface area (TPSA) is 66.1 Å². The number of nitrogens with one attached hydrogen (secondary N) is 1. The summed E-state index contributed by atoms with van der Waals surface area (Å²) in [5.74, 6) is 0.426. The van der Waals surface area contributed by atoms with Gasteiger partial charge in [0.25, 0.3) is 0 Å². The Labute approximate surface area is 139 Å². The standard InChI is InChI=1S/C17H16FN3O2S/c18-14-7-5-12(6-8-14)11-24(22,23)21-9-13(10-21)17-19-15-3-1-2-4-16(15)20-17/h1-8,13H,9-11H2,(H,19,20). The van der Waals surface area contributed by atoms with Crippen molar-refractivity contribution in [3.63, 3.8) is 0 Å². The number of fused-ring (bicyclic) bond motifs is 1. The zero-order valence-electron chi connectivity index (χ0n) is 12.8. The number of aromatic nitrogens is 2. The van der Waals surface area contributed by atoms with E-state index in [1.807, 2.05) is 24.3 Å². The molecule has 1 fully saturated rings. The van der Waals surface area contributed by atoms with Gasteiger partial charge in [-0.15, -0.1) is 0 Å². The number of aromatic amines is 1. The van der Waals surface area contributed by atoms with Crippen LogP contribution in [-0.2, 0) is 15.8 Å². The third-order valence-corrected chi connectivity index (χ3v) is 6.08. The number of sulfonamides is 1. The number of H-pyrrole nitrogens is 1. The molecule has 0 unspecified atom stereocenters. The largest absolute Gasteiger partial charge is 0.342 e. The van der Waals surface area contributed by atoms with Gasteiger partial charge < -0.3 is 4.98 Å². The van der Waals surface area contributed by atoms with E-state index in [4.69, 9.17) is 0 Å². The predicted octanol–water partition coefficient (Wildman–Crippen LogP) is 2.63. The number of rotatable bonds is 4. The second-order valence-electron chi connectivity index (χ2n) is 6.04. The van der Waals surface area contributed by atoms with Crippen molar-refractivity contribution in [3.05, 3.63) is 65.7 Å². The Morgan fingerprint density at radius 1 is 1.12 bits per heavy atom. The average molecular weight is 345 g/mol. The quantitative estimate of drug-likeness (QED) is 0.790. The molecule has 0 atom stereocenters. The van der Waals surface area contributed by atoms with Crippen LogP contribution in [0.4, 0.5) is 4.39 Å². The van der Waals surface area contributed by atoms with Crippen molar-refractivity contribution in [1.82, 2.24) is 14.3 Å². The Bertz CT molecular complexity index is 943. The first-order valence-corrected chi connectivity index (χ1v) is 9.29. The van der Waals surface area contributed by atoms with Crippen molar-refractivity contribution >= 4 is 21.1 Å². The minimum Gasteiger partial charge on any atom is -0.342 e. The van der Waals surface area contributed by atoms with E-state index >= 15 is 0 Å². The van der Waals surface area contributed by atoms with E-state index in [2.05, 4.69) is 9.97 Å². The van der Waals surface area contributed by atoms with Gasteiger partial charge in [-0.05, 0) is 29.8 Å². The predicted molar refractivity (Wildman–Crippen MR) is 89.4 cm³/mol. The molecule has 1 N–H and O–H groups in total. The van der Waals surface area contributed by atoms with Crippen molar-refractivity contribution in [1.29, 1.82) is 0 Å². The minimum absolute atomic E-state index is 0.0837. The first kappa shape index (κ1) is 15.3. The van der Waals surface area contributed by atoms with Gasteiger partial charge >= 0.3 is 0 Å². The molecule has 0 aliphatic carbocycles. The maximum Gasteiger partial charge on any atom is 0.218 e. The number of halogens is 1. The molecule has 1 aliphatic heterocycles. The number of imidazole rings is 1. The minimum atomic E-state index is -3.39. The lowest BCUT2D eigenvalue weighted by molar-refractivity contribution is 0.257. The number of nitrogens with zero attached hydrogens (tertiary/aromatic N) is 2. The molecular weight excluding hydrogens is 329 g/mol. The van der Waals surface area contributed by atoms with Crippen LogP contribution < -0.4 is 0 Å². The van der Waals surface area contributed by atoms with E-state index in [1.165, 1.54) is 28.6 Å². The molecule has 24 heavy (non-hydrogen) atoms. The Morgan fingerprint density at radius 3 is 2.54 bits per heavy atom. The number of hydrogen-bond acceptors (Lipinski definition) is 3. The van der Waals surface area contributed by atoms with Gasteiger partial charge in [-0.1, -0.05) is 24.3 Å². The van der Waals surface area contributed by atoms with Crippen LogP contribution in [0.1, 0.15) is 17.3 Å².